The van der Waals surface area contributed by atoms with Crippen molar-refractivity contribution >= 4 is 16.8 Å². The van der Waals surface area contributed by atoms with Crippen molar-refractivity contribution in [3.8, 4) is 11.6 Å². The summed E-state index contributed by atoms with van der Waals surface area (Å²) in [5, 5.41) is 3.72. The van der Waals surface area contributed by atoms with E-state index >= 15 is 0 Å². The predicted octanol–water partition coefficient (Wildman–Crippen LogP) is 2.58. The third-order valence-corrected chi connectivity index (χ3v) is 4.63. The quantitative estimate of drug-likeness (QED) is 0.738. The molecule has 0 unspecified atom stereocenters. The van der Waals surface area contributed by atoms with Crippen LogP contribution >= 0.6 is 11.6 Å². The zero-order valence-electron chi connectivity index (χ0n) is 14.5. The fourth-order valence-corrected chi connectivity index (χ4v) is 2.88. The smallest absolute Gasteiger partial charge is 0.259 e. The molecular formula is C18H22ClN3O3. The second kappa shape index (κ2) is 7.99. The molecule has 0 aliphatic carbocycles. The molecule has 0 radical (unpaired) electrons. The van der Waals surface area contributed by atoms with E-state index in [4.69, 9.17) is 21.1 Å². The van der Waals surface area contributed by atoms with Gasteiger partial charge in [-0.05, 0) is 48.7 Å². The summed E-state index contributed by atoms with van der Waals surface area (Å²) in [5.41, 5.74) is 3.46. The average Bonchev–Trinajstić information content (AvgIpc) is 3.02. The van der Waals surface area contributed by atoms with Gasteiger partial charge in [0.25, 0.3) is 5.24 Å². The minimum atomic E-state index is -0.573. The van der Waals surface area contributed by atoms with E-state index in [1.54, 1.807) is 4.68 Å². The Kier molecular flexibility index (Phi) is 5.73. The first kappa shape index (κ1) is 17.9. The molecular weight excluding hydrogens is 342 g/mol. The summed E-state index contributed by atoms with van der Waals surface area (Å²) in [6.07, 6.45) is 1.45. The first-order valence-electron chi connectivity index (χ1n) is 8.34. The van der Waals surface area contributed by atoms with Crippen molar-refractivity contribution in [2.24, 2.45) is 0 Å². The highest BCUT2D eigenvalue weighted by molar-refractivity contribution is 6.68. The Bertz CT molecular complexity index is 754. The van der Waals surface area contributed by atoms with Crippen LogP contribution in [0.4, 0.5) is 0 Å². The molecule has 1 saturated heterocycles. The van der Waals surface area contributed by atoms with Gasteiger partial charge in [-0.25, -0.2) is 4.68 Å². The summed E-state index contributed by atoms with van der Waals surface area (Å²) >= 11 is 5.69. The number of hydrogen-bond acceptors (Lipinski definition) is 5. The molecule has 0 N–H and O–H groups in total. The molecule has 0 bridgehead atoms. The number of halogens is 1. The van der Waals surface area contributed by atoms with Crippen LogP contribution in [0.1, 0.15) is 21.5 Å². The second-order valence-electron chi connectivity index (χ2n) is 6.12. The van der Waals surface area contributed by atoms with Crippen LogP contribution in [0.15, 0.2) is 24.4 Å². The van der Waals surface area contributed by atoms with E-state index in [0.29, 0.717) is 12.5 Å². The largest absolute Gasteiger partial charge is 0.476 e. The van der Waals surface area contributed by atoms with Crippen molar-refractivity contribution < 1.29 is 14.3 Å². The van der Waals surface area contributed by atoms with Crippen LogP contribution in [0, 0.1) is 13.8 Å². The number of aryl methyl sites for hydroxylation is 2. The number of nitrogens with zero attached hydrogens (tertiary/aromatic N) is 3. The van der Waals surface area contributed by atoms with Gasteiger partial charge in [-0.1, -0.05) is 6.07 Å². The molecule has 1 aliphatic heterocycles. The van der Waals surface area contributed by atoms with Crippen LogP contribution in [-0.4, -0.2) is 59.4 Å². The number of morpholine rings is 1. The molecule has 2 heterocycles. The summed E-state index contributed by atoms with van der Waals surface area (Å²) in [6, 6.07) is 5.98. The zero-order valence-corrected chi connectivity index (χ0v) is 15.3. The Labute approximate surface area is 152 Å². The number of aromatic nitrogens is 2. The number of ether oxygens (including phenoxy) is 2. The molecule has 2 aromatic rings. The SMILES string of the molecule is Cc1ccc(-n2ncc(C(=O)Cl)c2OCCN2CCOCC2)cc1C. The first-order valence-corrected chi connectivity index (χ1v) is 8.72. The van der Waals surface area contributed by atoms with E-state index in [2.05, 4.69) is 16.9 Å². The number of rotatable bonds is 6. The molecule has 0 spiro atoms. The molecule has 1 aromatic carbocycles. The van der Waals surface area contributed by atoms with Crippen LogP contribution < -0.4 is 4.74 Å². The van der Waals surface area contributed by atoms with E-state index in [0.717, 1.165) is 44.1 Å². The number of carbonyl (C=O) groups is 1. The average molecular weight is 364 g/mol. The summed E-state index contributed by atoms with van der Waals surface area (Å²) < 4.78 is 12.9. The normalized spacial score (nSPS) is 15.3. The Morgan fingerprint density at radius 2 is 2.04 bits per heavy atom. The molecule has 1 fully saturated rings. The third-order valence-electron chi connectivity index (χ3n) is 4.42. The molecule has 0 amide bonds. The van der Waals surface area contributed by atoms with E-state index < -0.39 is 5.24 Å². The van der Waals surface area contributed by atoms with E-state index in [-0.39, 0.29) is 5.56 Å². The van der Waals surface area contributed by atoms with Crippen LogP contribution in [0.5, 0.6) is 5.88 Å². The number of hydrogen-bond donors (Lipinski definition) is 0. The molecule has 1 aromatic heterocycles. The number of benzene rings is 1. The maximum absolute atomic E-state index is 11.7. The summed E-state index contributed by atoms with van der Waals surface area (Å²) in [5.74, 6) is 0.386. The zero-order chi connectivity index (χ0) is 17.8. The summed E-state index contributed by atoms with van der Waals surface area (Å²) in [6.45, 7) is 8.57. The highest BCUT2D eigenvalue weighted by Gasteiger charge is 2.19. The molecule has 6 nitrogen and oxygen atoms in total. The van der Waals surface area contributed by atoms with Gasteiger partial charge in [-0.15, -0.1) is 0 Å². The van der Waals surface area contributed by atoms with Gasteiger partial charge in [0, 0.05) is 19.6 Å². The standard InChI is InChI=1S/C18H22ClN3O3/c1-13-3-4-15(11-14(13)2)22-18(16(12-20-22)17(19)23)25-10-7-21-5-8-24-9-6-21/h3-4,11-12H,5-10H2,1-2H3. The minimum Gasteiger partial charge on any atom is -0.476 e. The van der Waals surface area contributed by atoms with Crippen molar-refractivity contribution in [1.82, 2.24) is 14.7 Å². The second-order valence-corrected chi connectivity index (χ2v) is 6.46. The van der Waals surface area contributed by atoms with E-state index in [9.17, 15) is 4.79 Å². The first-order chi connectivity index (χ1) is 12.1. The van der Waals surface area contributed by atoms with Crippen molar-refractivity contribution in [1.29, 1.82) is 0 Å². The molecule has 25 heavy (non-hydrogen) atoms. The van der Waals surface area contributed by atoms with E-state index in [1.165, 1.54) is 11.8 Å². The lowest BCUT2D eigenvalue weighted by molar-refractivity contribution is 0.0318. The van der Waals surface area contributed by atoms with Crippen LogP contribution in [0.2, 0.25) is 0 Å². The van der Waals surface area contributed by atoms with E-state index in [1.807, 2.05) is 25.1 Å². The van der Waals surface area contributed by atoms with Gasteiger partial charge >= 0.3 is 0 Å². The van der Waals surface area contributed by atoms with Crippen LogP contribution in [0.3, 0.4) is 0 Å². The van der Waals surface area contributed by atoms with Gasteiger partial charge in [-0.2, -0.15) is 5.10 Å². The summed E-state index contributed by atoms with van der Waals surface area (Å²) in [7, 11) is 0. The maximum Gasteiger partial charge on any atom is 0.259 e. The Hall–Kier alpha value is -1.89. The minimum absolute atomic E-state index is 0.280. The lowest BCUT2D eigenvalue weighted by Crippen LogP contribution is -2.38. The van der Waals surface area contributed by atoms with Crippen molar-refractivity contribution in [2.45, 2.75) is 13.8 Å². The van der Waals surface area contributed by atoms with Crippen molar-refractivity contribution in [3.05, 3.63) is 41.1 Å². The lowest BCUT2D eigenvalue weighted by Gasteiger charge is -2.26. The van der Waals surface area contributed by atoms with Crippen LogP contribution in [-0.2, 0) is 4.74 Å². The maximum atomic E-state index is 11.7. The topological polar surface area (TPSA) is 56.6 Å². The van der Waals surface area contributed by atoms with Crippen LogP contribution in [0.25, 0.3) is 5.69 Å². The molecule has 134 valence electrons. The van der Waals surface area contributed by atoms with Crippen molar-refractivity contribution in [2.75, 3.05) is 39.5 Å². The van der Waals surface area contributed by atoms with Gasteiger partial charge in [0.05, 0.1) is 25.1 Å². The monoisotopic (exact) mass is 363 g/mol. The molecule has 7 heteroatoms. The van der Waals surface area contributed by atoms with Gasteiger partial charge in [0.15, 0.2) is 0 Å². The van der Waals surface area contributed by atoms with Crippen molar-refractivity contribution in [3.63, 3.8) is 0 Å². The highest BCUT2D eigenvalue weighted by atomic mass is 35.5. The Balaban J connectivity index is 1.79. The highest BCUT2D eigenvalue weighted by Crippen LogP contribution is 2.25. The van der Waals surface area contributed by atoms with Gasteiger partial charge in [-0.3, -0.25) is 9.69 Å². The third kappa shape index (κ3) is 4.21. The Morgan fingerprint density at radius 1 is 1.28 bits per heavy atom. The molecule has 1 aliphatic rings. The Morgan fingerprint density at radius 3 is 2.72 bits per heavy atom. The molecule has 0 atom stereocenters. The fourth-order valence-electron chi connectivity index (χ4n) is 2.75. The fraction of sp³-hybridized carbons (Fsp3) is 0.444. The van der Waals surface area contributed by atoms with Gasteiger partial charge < -0.3 is 9.47 Å². The lowest BCUT2D eigenvalue weighted by atomic mass is 10.1. The molecule has 0 saturated carbocycles. The number of carbonyl (C=O) groups excluding carboxylic acids is 1. The predicted molar refractivity (Wildman–Crippen MR) is 96.0 cm³/mol. The van der Waals surface area contributed by atoms with Gasteiger partial charge in [0.2, 0.25) is 5.88 Å². The molecule has 3 rings (SSSR count). The van der Waals surface area contributed by atoms with Gasteiger partial charge in [0.1, 0.15) is 12.2 Å². The summed E-state index contributed by atoms with van der Waals surface area (Å²) in [4.78, 5) is 14.0.